The SMILES string of the molecule is Cc1c(C#N)c2nc[nH]c(=O)c2n1CCN.Cl. The molecule has 0 aromatic carbocycles. The van der Waals surface area contributed by atoms with Gasteiger partial charge in [0.25, 0.3) is 5.56 Å². The van der Waals surface area contributed by atoms with Gasteiger partial charge in [0.15, 0.2) is 0 Å². The van der Waals surface area contributed by atoms with Gasteiger partial charge in [-0.15, -0.1) is 12.4 Å². The minimum atomic E-state index is -0.247. The van der Waals surface area contributed by atoms with Gasteiger partial charge in [-0.25, -0.2) is 4.98 Å². The lowest BCUT2D eigenvalue weighted by Gasteiger charge is -2.03. The van der Waals surface area contributed by atoms with Crippen molar-refractivity contribution in [2.45, 2.75) is 13.5 Å². The number of rotatable bonds is 2. The van der Waals surface area contributed by atoms with Crippen LogP contribution in [0.3, 0.4) is 0 Å². The second-order valence-corrected chi connectivity index (χ2v) is 3.44. The zero-order chi connectivity index (χ0) is 11.7. The molecule has 0 unspecified atom stereocenters. The number of halogens is 1. The molecule has 0 aliphatic carbocycles. The predicted molar refractivity (Wildman–Crippen MR) is 66.1 cm³/mol. The molecule has 2 aromatic heterocycles. The summed E-state index contributed by atoms with van der Waals surface area (Å²) in [6, 6.07) is 2.07. The van der Waals surface area contributed by atoms with Crippen molar-refractivity contribution in [3.63, 3.8) is 0 Å². The molecule has 0 bridgehead atoms. The lowest BCUT2D eigenvalue weighted by Crippen LogP contribution is -2.16. The van der Waals surface area contributed by atoms with Crippen molar-refractivity contribution in [2.75, 3.05) is 6.54 Å². The van der Waals surface area contributed by atoms with E-state index in [2.05, 4.69) is 16.0 Å². The van der Waals surface area contributed by atoms with Crippen molar-refractivity contribution in [3.8, 4) is 6.07 Å². The topological polar surface area (TPSA) is 100 Å². The van der Waals surface area contributed by atoms with E-state index in [4.69, 9.17) is 11.0 Å². The van der Waals surface area contributed by atoms with Crippen LogP contribution in [0.1, 0.15) is 11.3 Å². The molecule has 2 aromatic rings. The minimum absolute atomic E-state index is 0. The smallest absolute Gasteiger partial charge is 0.275 e. The van der Waals surface area contributed by atoms with Crippen LogP contribution < -0.4 is 11.3 Å². The number of H-pyrrole nitrogens is 1. The number of nitrogens with two attached hydrogens (primary N) is 1. The van der Waals surface area contributed by atoms with E-state index < -0.39 is 0 Å². The zero-order valence-corrected chi connectivity index (χ0v) is 10.0. The van der Waals surface area contributed by atoms with Gasteiger partial charge in [0.2, 0.25) is 0 Å². The average Bonchev–Trinajstić information content (AvgIpc) is 2.54. The van der Waals surface area contributed by atoms with E-state index >= 15 is 0 Å². The Labute approximate surface area is 103 Å². The van der Waals surface area contributed by atoms with Gasteiger partial charge >= 0.3 is 0 Å². The molecular formula is C10H12ClN5O. The molecule has 0 saturated heterocycles. The third kappa shape index (κ3) is 1.90. The molecule has 3 N–H and O–H groups in total. The number of aromatic nitrogens is 3. The predicted octanol–water partition coefficient (Wildman–Crippen LogP) is 0.285. The molecule has 17 heavy (non-hydrogen) atoms. The van der Waals surface area contributed by atoms with Crippen LogP contribution in [0, 0.1) is 18.3 Å². The normalized spacial score (nSPS) is 9.94. The first-order valence-electron chi connectivity index (χ1n) is 4.87. The summed E-state index contributed by atoms with van der Waals surface area (Å²) in [6.45, 7) is 2.69. The summed E-state index contributed by atoms with van der Waals surface area (Å²) in [7, 11) is 0. The van der Waals surface area contributed by atoms with Crippen LogP contribution in [0.2, 0.25) is 0 Å². The van der Waals surface area contributed by atoms with Crippen molar-refractivity contribution in [3.05, 3.63) is 27.9 Å². The van der Waals surface area contributed by atoms with Gasteiger partial charge in [-0.1, -0.05) is 0 Å². The van der Waals surface area contributed by atoms with Crippen LogP contribution in [-0.2, 0) is 6.54 Å². The van der Waals surface area contributed by atoms with Gasteiger partial charge in [-0.3, -0.25) is 4.79 Å². The van der Waals surface area contributed by atoms with Crippen LogP contribution in [0.25, 0.3) is 11.0 Å². The Hall–Kier alpha value is -1.84. The van der Waals surface area contributed by atoms with E-state index in [-0.39, 0.29) is 18.0 Å². The van der Waals surface area contributed by atoms with Crippen molar-refractivity contribution in [2.24, 2.45) is 5.73 Å². The number of nitrogens with zero attached hydrogens (tertiary/aromatic N) is 3. The van der Waals surface area contributed by atoms with E-state index in [0.29, 0.717) is 29.7 Å². The molecule has 6 nitrogen and oxygen atoms in total. The number of hydrogen-bond donors (Lipinski definition) is 2. The summed E-state index contributed by atoms with van der Waals surface area (Å²) >= 11 is 0. The summed E-state index contributed by atoms with van der Waals surface area (Å²) in [5.41, 5.74) is 7.27. The molecule has 0 amide bonds. The molecule has 0 atom stereocenters. The van der Waals surface area contributed by atoms with E-state index in [1.165, 1.54) is 6.33 Å². The van der Waals surface area contributed by atoms with Gasteiger partial charge in [0, 0.05) is 18.8 Å². The molecule has 0 aliphatic heterocycles. The molecule has 0 spiro atoms. The molecule has 2 rings (SSSR count). The first-order chi connectivity index (χ1) is 7.70. The van der Waals surface area contributed by atoms with Crippen LogP contribution in [0.4, 0.5) is 0 Å². The highest BCUT2D eigenvalue weighted by Crippen LogP contribution is 2.19. The van der Waals surface area contributed by atoms with E-state index in [1.807, 2.05) is 0 Å². The Morgan fingerprint density at radius 2 is 2.35 bits per heavy atom. The molecule has 2 heterocycles. The summed E-state index contributed by atoms with van der Waals surface area (Å²) in [6.07, 6.45) is 1.30. The van der Waals surface area contributed by atoms with Gasteiger partial charge in [0.1, 0.15) is 17.1 Å². The number of aromatic amines is 1. The standard InChI is InChI=1S/C10H11N5O.ClH/c1-6-7(4-12)8-9(15(6)3-2-11)10(16)14-5-13-8;/h5H,2-3,11H2,1H3,(H,13,14,16);1H. The molecule has 0 saturated carbocycles. The number of hydrogen-bond acceptors (Lipinski definition) is 4. The summed E-state index contributed by atoms with van der Waals surface area (Å²) in [5, 5.41) is 9.04. The van der Waals surface area contributed by atoms with Crippen molar-refractivity contribution in [1.82, 2.24) is 14.5 Å². The lowest BCUT2D eigenvalue weighted by atomic mass is 10.2. The van der Waals surface area contributed by atoms with Gasteiger partial charge in [-0.2, -0.15) is 5.26 Å². The molecular weight excluding hydrogens is 242 g/mol. The van der Waals surface area contributed by atoms with E-state index in [0.717, 1.165) is 5.69 Å². The summed E-state index contributed by atoms with van der Waals surface area (Å²) < 4.78 is 1.74. The maximum absolute atomic E-state index is 11.7. The third-order valence-electron chi connectivity index (χ3n) is 2.57. The zero-order valence-electron chi connectivity index (χ0n) is 9.23. The fraction of sp³-hybridized carbons (Fsp3) is 0.300. The number of fused-ring (bicyclic) bond motifs is 1. The molecule has 90 valence electrons. The summed E-state index contributed by atoms with van der Waals surface area (Å²) in [4.78, 5) is 18.2. The third-order valence-corrected chi connectivity index (χ3v) is 2.57. The van der Waals surface area contributed by atoms with Crippen LogP contribution in [0.5, 0.6) is 0 Å². The van der Waals surface area contributed by atoms with Crippen molar-refractivity contribution < 1.29 is 0 Å². The summed E-state index contributed by atoms with van der Waals surface area (Å²) in [5.74, 6) is 0. The van der Waals surface area contributed by atoms with Gasteiger partial charge in [-0.05, 0) is 6.92 Å². The van der Waals surface area contributed by atoms with Crippen molar-refractivity contribution in [1.29, 1.82) is 5.26 Å². The molecule has 0 aliphatic rings. The lowest BCUT2D eigenvalue weighted by molar-refractivity contribution is 0.711. The fourth-order valence-electron chi connectivity index (χ4n) is 1.84. The Balaban J connectivity index is 0.00000144. The molecule has 0 radical (unpaired) electrons. The fourth-order valence-corrected chi connectivity index (χ4v) is 1.84. The quantitative estimate of drug-likeness (QED) is 0.803. The average molecular weight is 254 g/mol. The van der Waals surface area contributed by atoms with Crippen LogP contribution in [0.15, 0.2) is 11.1 Å². The highest BCUT2D eigenvalue weighted by molar-refractivity contribution is 5.85. The van der Waals surface area contributed by atoms with E-state index in [1.54, 1.807) is 11.5 Å². The van der Waals surface area contributed by atoms with Crippen molar-refractivity contribution >= 4 is 23.4 Å². The Kier molecular flexibility index (Phi) is 3.89. The monoisotopic (exact) mass is 253 g/mol. The number of nitrogens with one attached hydrogen (secondary N) is 1. The first-order valence-corrected chi connectivity index (χ1v) is 4.87. The van der Waals surface area contributed by atoms with E-state index in [9.17, 15) is 4.79 Å². The largest absolute Gasteiger partial charge is 0.336 e. The van der Waals surface area contributed by atoms with Crippen LogP contribution in [-0.4, -0.2) is 21.1 Å². The minimum Gasteiger partial charge on any atom is -0.336 e. The highest BCUT2D eigenvalue weighted by Gasteiger charge is 2.16. The Morgan fingerprint density at radius 1 is 1.65 bits per heavy atom. The maximum Gasteiger partial charge on any atom is 0.275 e. The second kappa shape index (κ2) is 4.99. The van der Waals surface area contributed by atoms with Gasteiger partial charge in [0.05, 0.1) is 11.9 Å². The highest BCUT2D eigenvalue weighted by atomic mass is 35.5. The van der Waals surface area contributed by atoms with Crippen LogP contribution >= 0.6 is 12.4 Å². The molecule has 0 fully saturated rings. The first kappa shape index (κ1) is 13.2. The molecule has 7 heteroatoms. The maximum atomic E-state index is 11.7. The Bertz CT molecular complexity index is 636. The Morgan fingerprint density at radius 3 is 2.94 bits per heavy atom. The van der Waals surface area contributed by atoms with Gasteiger partial charge < -0.3 is 15.3 Å². The number of nitriles is 1. The second-order valence-electron chi connectivity index (χ2n) is 3.44.